The highest BCUT2D eigenvalue weighted by molar-refractivity contribution is 7.45. The zero-order valence-electron chi connectivity index (χ0n) is 10.2. The predicted molar refractivity (Wildman–Crippen MR) is 65.8 cm³/mol. The van der Waals surface area contributed by atoms with Gasteiger partial charge in [0.05, 0.1) is 12.8 Å². The molecule has 0 aliphatic rings. The van der Waals surface area contributed by atoms with E-state index in [2.05, 4.69) is 22.6 Å². The van der Waals surface area contributed by atoms with Gasteiger partial charge < -0.3 is 24.2 Å². The molecular formula is C10H17O8P. The van der Waals surface area contributed by atoms with Gasteiger partial charge in [-0.3, -0.25) is 9.59 Å². The van der Waals surface area contributed by atoms with E-state index in [1.165, 1.54) is 12.2 Å². The molecule has 0 aliphatic carbocycles. The van der Waals surface area contributed by atoms with Gasteiger partial charge in [-0.2, -0.15) is 0 Å². The van der Waals surface area contributed by atoms with Crippen molar-refractivity contribution in [3.05, 3.63) is 25.3 Å². The molecule has 110 valence electrons. The maximum atomic E-state index is 10.9. The van der Waals surface area contributed by atoms with Crippen molar-refractivity contribution in [1.29, 1.82) is 0 Å². The van der Waals surface area contributed by atoms with Crippen LogP contribution in [0.1, 0.15) is 12.8 Å². The number of ether oxygens (including phenoxy) is 2. The Morgan fingerprint density at radius 1 is 0.947 bits per heavy atom. The van der Waals surface area contributed by atoms with Gasteiger partial charge in [-0.05, 0) is 0 Å². The van der Waals surface area contributed by atoms with E-state index in [4.69, 9.17) is 19.2 Å². The minimum atomic E-state index is -4.64. The molecule has 0 rings (SSSR count). The van der Waals surface area contributed by atoms with Crippen LogP contribution in [0.5, 0.6) is 0 Å². The first-order valence-corrected chi connectivity index (χ1v) is 6.58. The molecule has 0 aromatic carbocycles. The highest BCUT2D eigenvalue weighted by Gasteiger charge is 2.07. The van der Waals surface area contributed by atoms with Gasteiger partial charge in [-0.25, -0.2) is 4.57 Å². The van der Waals surface area contributed by atoms with Crippen LogP contribution >= 0.6 is 7.82 Å². The summed E-state index contributed by atoms with van der Waals surface area (Å²) in [6.45, 7) is 7.11. The van der Waals surface area contributed by atoms with Gasteiger partial charge in [-0.1, -0.05) is 25.3 Å². The van der Waals surface area contributed by atoms with E-state index in [1.807, 2.05) is 0 Å². The van der Waals surface area contributed by atoms with Gasteiger partial charge in [0.1, 0.15) is 13.2 Å². The van der Waals surface area contributed by atoms with Gasteiger partial charge in [0.2, 0.25) is 0 Å². The third-order valence-corrected chi connectivity index (χ3v) is 1.26. The molecule has 0 saturated carbocycles. The molecule has 0 aromatic rings. The van der Waals surface area contributed by atoms with Gasteiger partial charge in [0.25, 0.3) is 0 Å². The lowest BCUT2D eigenvalue weighted by atomic mass is 10.3. The maximum Gasteiger partial charge on any atom is 0.466 e. The summed E-state index contributed by atoms with van der Waals surface area (Å²) in [5, 5.41) is 0. The summed E-state index contributed by atoms with van der Waals surface area (Å²) in [5.41, 5.74) is 0. The number of carbonyl (C=O) groups is 2. The molecule has 0 aromatic heterocycles. The van der Waals surface area contributed by atoms with E-state index in [9.17, 15) is 9.59 Å². The number of carbonyl (C=O) groups excluding carboxylic acids is 2. The van der Waals surface area contributed by atoms with E-state index < -0.39 is 19.8 Å². The van der Waals surface area contributed by atoms with Crippen molar-refractivity contribution in [3.8, 4) is 0 Å². The maximum absolute atomic E-state index is 10.9. The molecule has 19 heavy (non-hydrogen) atoms. The summed E-state index contributed by atoms with van der Waals surface area (Å²) in [7, 11) is -4.64. The van der Waals surface area contributed by atoms with Crippen LogP contribution in [0.25, 0.3) is 0 Å². The Labute approximate surface area is 110 Å². The largest absolute Gasteiger partial charge is 0.466 e. The smallest absolute Gasteiger partial charge is 0.461 e. The van der Waals surface area contributed by atoms with Crippen LogP contribution < -0.4 is 0 Å². The second-order valence-corrected chi connectivity index (χ2v) is 3.98. The van der Waals surface area contributed by atoms with Crippen molar-refractivity contribution in [2.24, 2.45) is 0 Å². The van der Waals surface area contributed by atoms with E-state index >= 15 is 0 Å². The van der Waals surface area contributed by atoms with Gasteiger partial charge >= 0.3 is 19.8 Å². The molecule has 0 heterocycles. The van der Waals surface area contributed by atoms with Crippen molar-refractivity contribution in [2.75, 3.05) is 13.2 Å². The van der Waals surface area contributed by atoms with Crippen molar-refractivity contribution < 1.29 is 38.3 Å². The van der Waals surface area contributed by atoms with Crippen molar-refractivity contribution in [3.63, 3.8) is 0 Å². The lowest BCUT2D eigenvalue weighted by Gasteiger charge is -2.02. The quantitative estimate of drug-likeness (QED) is 0.347. The summed E-state index contributed by atoms with van der Waals surface area (Å²) in [5.74, 6) is -0.860. The molecule has 0 fully saturated rings. The summed E-state index contributed by atoms with van der Waals surface area (Å²) < 4.78 is 18.2. The van der Waals surface area contributed by atoms with E-state index in [1.54, 1.807) is 0 Å². The number of hydrogen-bond acceptors (Lipinski definition) is 5. The first-order valence-electron chi connectivity index (χ1n) is 5.02. The van der Waals surface area contributed by atoms with Gasteiger partial charge in [-0.15, -0.1) is 0 Å². The van der Waals surface area contributed by atoms with Crippen LogP contribution in [0.15, 0.2) is 25.3 Å². The lowest BCUT2D eigenvalue weighted by Crippen LogP contribution is -2.10. The van der Waals surface area contributed by atoms with Crippen molar-refractivity contribution >= 4 is 19.8 Å². The number of rotatable bonds is 7. The topological polar surface area (TPSA) is 130 Å². The van der Waals surface area contributed by atoms with Crippen molar-refractivity contribution in [1.82, 2.24) is 0 Å². The fourth-order valence-corrected chi connectivity index (χ4v) is 0.652. The Morgan fingerprint density at radius 2 is 1.21 bits per heavy atom. The molecule has 0 spiro atoms. The molecule has 0 aliphatic heterocycles. The fraction of sp³-hybridized carbons (Fsp3) is 0.400. The third-order valence-electron chi connectivity index (χ3n) is 1.26. The second-order valence-electron chi connectivity index (χ2n) is 2.96. The van der Waals surface area contributed by atoms with Crippen LogP contribution in [0.2, 0.25) is 0 Å². The number of phosphoric acid groups is 1. The average Bonchev–Trinajstić information content (AvgIpc) is 2.29. The third kappa shape index (κ3) is 26.3. The molecular weight excluding hydrogens is 279 g/mol. The second kappa shape index (κ2) is 11.6. The summed E-state index contributed by atoms with van der Waals surface area (Å²) >= 11 is 0. The molecule has 0 bridgehead atoms. The molecule has 0 amide bonds. The Morgan fingerprint density at radius 3 is 1.42 bits per heavy atom. The standard InChI is InChI=1S/C10H14O4.H3O4P/c1-3-7-13-9(11)5-6-10(12)14-8-4-2;1-5(2,3)4/h3-4H,1-2,5-8H2;(H3,1,2,3,4). The zero-order chi connectivity index (χ0) is 15.3. The molecule has 0 saturated heterocycles. The van der Waals surface area contributed by atoms with E-state index in [-0.39, 0.29) is 26.1 Å². The zero-order valence-corrected chi connectivity index (χ0v) is 11.1. The molecule has 0 radical (unpaired) electrons. The molecule has 8 nitrogen and oxygen atoms in total. The Hall–Kier alpha value is -1.47. The summed E-state index contributed by atoms with van der Waals surface area (Å²) in [6.07, 6.45) is 3.00. The number of hydrogen-bond donors (Lipinski definition) is 3. The first kappa shape index (κ1) is 19.9. The highest BCUT2D eigenvalue weighted by atomic mass is 31.2. The normalized spacial score (nSPS) is 9.63. The lowest BCUT2D eigenvalue weighted by molar-refractivity contribution is -0.149. The van der Waals surface area contributed by atoms with Gasteiger partial charge in [0, 0.05) is 0 Å². The van der Waals surface area contributed by atoms with Crippen LogP contribution in [0.3, 0.4) is 0 Å². The summed E-state index contributed by atoms with van der Waals surface area (Å²) in [4.78, 5) is 43.3. The highest BCUT2D eigenvalue weighted by Crippen LogP contribution is 2.25. The monoisotopic (exact) mass is 296 g/mol. The van der Waals surface area contributed by atoms with Crippen LogP contribution in [0.4, 0.5) is 0 Å². The SMILES string of the molecule is C=CCOC(=O)CCC(=O)OCC=C.O=P(O)(O)O. The summed E-state index contributed by atoms with van der Waals surface area (Å²) in [6, 6.07) is 0. The molecule has 3 N–H and O–H groups in total. The molecule has 0 unspecified atom stereocenters. The minimum absolute atomic E-state index is 0.0316. The van der Waals surface area contributed by atoms with E-state index in [0.717, 1.165) is 0 Å². The Kier molecular flexibility index (Phi) is 12.1. The van der Waals surface area contributed by atoms with Crippen LogP contribution in [-0.4, -0.2) is 39.8 Å². The van der Waals surface area contributed by atoms with Gasteiger partial charge in [0.15, 0.2) is 0 Å². The van der Waals surface area contributed by atoms with Crippen LogP contribution in [-0.2, 0) is 23.6 Å². The average molecular weight is 296 g/mol. The Bertz CT molecular complexity index is 313. The fourth-order valence-electron chi connectivity index (χ4n) is 0.652. The van der Waals surface area contributed by atoms with E-state index in [0.29, 0.717) is 0 Å². The van der Waals surface area contributed by atoms with Crippen LogP contribution in [0, 0.1) is 0 Å². The Balaban J connectivity index is 0. The predicted octanol–water partition coefficient (Wildman–Crippen LogP) is 0.296. The molecule has 0 atom stereocenters. The number of esters is 2. The van der Waals surface area contributed by atoms with Crippen molar-refractivity contribution in [2.45, 2.75) is 12.8 Å². The molecule has 9 heteroatoms. The first-order chi connectivity index (χ1) is 8.70. The minimum Gasteiger partial charge on any atom is -0.461 e.